The number of hydrogen-bond donors (Lipinski definition) is 1. The number of thiophene rings is 1. The molecular formula is C17H14N2O3S2. The van der Waals surface area contributed by atoms with Crippen LogP contribution in [-0.2, 0) is 6.42 Å². The number of ether oxygens (including phenoxy) is 2. The molecule has 0 saturated carbocycles. The van der Waals surface area contributed by atoms with E-state index in [1.807, 2.05) is 16.8 Å². The van der Waals surface area contributed by atoms with Crippen molar-refractivity contribution in [2.24, 2.45) is 0 Å². The van der Waals surface area contributed by atoms with Crippen molar-refractivity contribution in [1.29, 1.82) is 0 Å². The molecule has 0 fully saturated rings. The number of rotatable bonds is 5. The molecule has 0 radical (unpaired) electrons. The molecule has 5 nitrogen and oxygen atoms in total. The van der Waals surface area contributed by atoms with Crippen molar-refractivity contribution in [3.63, 3.8) is 0 Å². The normalized spacial score (nSPS) is 12.3. The highest BCUT2D eigenvalue weighted by molar-refractivity contribution is 7.20. The average molecular weight is 358 g/mol. The van der Waals surface area contributed by atoms with E-state index >= 15 is 0 Å². The van der Waals surface area contributed by atoms with E-state index in [1.165, 1.54) is 4.88 Å². The Morgan fingerprint density at radius 1 is 1.21 bits per heavy atom. The molecule has 1 amide bonds. The minimum atomic E-state index is -0.123. The molecule has 3 heterocycles. The first-order valence-corrected chi connectivity index (χ1v) is 9.22. The Bertz CT molecular complexity index is 859. The van der Waals surface area contributed by atoms with Crippen LogP contribution in [0.15, 0.2) is 41.1 Å². The van der Waals surface area contributed by atoms with E-state index in [-0.39, 0.29) is 12.7 Å². The highest BCUT2D eigenvalue weighted by atomic mass is 32.1. The minimum absolute atomic E-state index is 0.123. The maximum atomic E-state index is 12.2. The van der Waals surface area contributed by atoms with Crippen LogP contribution in [0.3, 0.4) is 0 Å². The number of carbonyl (C=O) groups excluding carboxylic acids is 1. The van der Waals surface area contributed by atoms with Gasteiger partial charge in [0.2, 0.25) is 6.79 Å². The molecule has 4 rings (SSSR count). The monoisotopic (exact) mass is 358 g/mol. The lowest BCUT2D eigenvalue weighted by atomic mass is 10.2. The molecule has 0 unspecified atom stereocenters. The van der Waals surface area contributed by atoms with Crippen LogP contribution in [0.5, 0.6) is 11.5 Å². The summed E-state index contributed by atoms with van der Waals surface area (Å²) < 4.78 is 10.5. The Morgan fingerprint density at radius 2 is 2.12 bits per heavy atom. The SMILES string of the molecule is O=C(NCCc1csc(-c2cccs2)n1)c1ccc2c(c1)OCO2. The number of thiazole rings is 1. The minimum Gasteiger partial charge on any atom is -0.454 e. The molecule has 0 saturated heterocycles. The molecule has 1 N–H and O–H groups in total. The van der Waals surface area contributed by atoms with Crippen LogP contribution in [-0.4, -0.2) is 24.2 Å². The lowest BCUT2D eigenvalue weighted by Crippen LogP contribution is -2.25. The second-order valence-corrected chi connectivity index (χ2v) is 7.00. The summed E-state index contributed by atoms with van der Waals surface area (Å²) in [5.41, 5.74) is 1.56. The number of carbonyl (C=O) groups is 1. The summed E-state index contributed by atoms with van der Waals surface area (Å²) in [6.07, 6.45) is 0.707. The van der Waals surface area contributed by atoms with Gasteiger partial charge in [-0.15, -0.1) is 22.7 Å². The van der Waals surface area contributed by atoms with Gasteiger partial charge in [0.15, 0.2) is 11.5 Å². The van der Waals surface area contributed by atoms with Gasteiger partial charge in [-0.2, -0.15) is 0 Å². The third-order valence-corrected chi connectivity index (χ3v) is 5.52. The fourth-order valence-corrected chi connectivity index (χ4v) is 4.05. The maximum absolute atomic E-state index is 12.2. The molecular weight excluding hydrogens is 344 g/mol. The van der Waals surface area contributed by atoms with Crippen LogP contribution in [0.4, 0.5) is 0 Å². The Balaban J connectivity index is 1.33. The van der Waals surface area contributed by atoms with E-state index in [0.29, 0.717) is 30.0 Å². The zero-order chi connectivity index (χ0) is 16.4. The van der Waals surface area contributed by atoms with E-state index < -0.39 is 0 Å². The quantitative estimate of drug-likeness (QED) is 0.757. The molecule has 24 heavy (non-hydrogen) atoms. The van der Waals surface area contributed by atoms with Gasteiger partial charge in [-0.25, -0.2) is 4.98 Å². The lowest BCUT2D eigenvalue weighted by Gasteiger charge is -2.05. The zero-order valence-electron chi connectivity index (χ0n) is 12.7. The number of benzene rings is 1. The molecule has 122 valence electrons. The number of amides is 1. The smallest absolute Gasteiger partial charge is 0.251 e. The van der Waals surface area contributed by atoms with Crippen molar-refractivity contribution in [2.75, 3.05) is 13.3 Å². The van der Waals surface area contributed by atoms with Crippen molar-refractivity contribution in [1.82, 2.24) is 10.3 Å². The van der Waals surface area contributed by atoms with Gasteiger partial charge in [0.05, 0.1) is 10.6 Å². The number of nitrogens with one attached hydrogen (secondary N) is 1. The van der Waals surface area contributed by atoms with E-state index in [1.54, 1.807) is 40.9 Å². The summed E-state index contributed by atoms with van der Waals surface area (Å²) in [6, 6.07) is 9.28. The van der Waals surface area contributed by atoms with Gasteiger partial charge in [-0.1, -0.05) is 6.07 Å². The summed E-state index contributed by atoms with van der Waals surface area (Å²) >= 11 is 3.31. The number of aromatic nitrogens is 1. The summed E-state index contributed by atoms with van der Waals surface area (Å²) in [6.45, 7) is 0.748. The van der Waals surface area contributed by atoms with Crippen LogP contribution in [0, 0.1) is 0 Å². The Labute approximate surface area is 146 Å². The number of fused-ring (bicyclic) bond motifs is 1. The van der Waals surface area contributed by atoms with Gasteiger partial charge in [0, 0.05) is 23.9 Å². The van der Waals surface area contributed by atoms with Gasteiger partial charge >= 0.3 is 0 Å². The Morgan fingerprint density at radius 3 is 3.00 bits per heavy atom. The van der Waals surface area contributed by atoms with Gasteiger partial charge in [0.1, 0.15) is 5.01 Å². The van der Waals surface area contributed by atoms with Crippen LogP contribution >= 0.6 is 22.7 Å². The van der Waals surface area contributed by atoms with Gasteiger partial charge in [-0.05, 0) is 29.6 Å². The predicted octanol–water partition coefficient (Wildman–Crippen LogP) is 3.57. The van der Waals surface area contributed by atoms with Gasteiger partial charge in [0.25, 0.3) is 5.91 Å². The summed E-state index contributed by atoms with van der Waals surface area (Å²) in [7, 11) is 0. The van der Waals surface area contributed by atoms with Crippen molar-refractivity contribution in [3.8, 4) is 21.4 Å². The van der Waals surface area contributed by atoms with Crippen molar-refractivity contribution >= 4 is 28.6 Å². The van der Waals surface area contributed by atoms with Crippen molar-refractivity contribution < 1.29 is 14.3 Å². The highest BCUT2D eigenvalue weighted by Crippen LogP contribution is 2.32. The van der Waals surface area contributed by atoms with Gasteiger partial charge in [-0.3, -0.25) is 4.79 Å². The molecule has 1 aromatic carbocycles. The fourth-order valence-electron chi connectivity index (χ4n) is 2.38. The Kier molecular flexibility index (Phi) is 4.18. The second-order valence-electron chi connectivity index (χ2n) is 5.20. The van der Waals surface area contributed by atoms with Crippen molar-refractivity contribution in [3.05, 3.63) is 52.3 Å². The predicted molar refractivity (Wildman–Crippen MR) is 94.0 cm³/mol. The Hall–Kier alpha value is -2.38. The lowest BCUT2D eigenvalue weighted by molar-refractivity contribution is 0.0953. The first-order chi connectivity index (χ1) is 11.8. The summed E-state index contributed by atoms with van der Waals surface area (Å²) in [4.78, 5) is 18.0. The van der Waals surface area contributed by atoms with E-state index in [4.69, 9.17) is 9.47 Å². The molecule has 3 aromatic rings. The molecule has 2 aromatic heterocycles. The maximum Gasteiger partial charge on any atom is 0.251 e. The molecule has 1 aliphatic rings. The van der Waals surface area contributed by atoms with Crippen LogP contribution < -0.4 is 14.8 Å². The molecule has 0 spiro atoms. The van der Waals surface area contributed by atoms with E-state index in [9.17, 15) is 4.79 Å². The average Bonchev–Trinajstić information content (AvgIpc) is 3.34. The van der Waals surface area contributed by atoms with Crippen molar-refractivity contribution in [2.45, 2.75) is 6.42 Å². The molecule has 7 heteroatoms. The van der Waals surface area contributed by atoms with E-state index in [2.05, 4.69) is 16.4 Å². The van der Waals surface area contributed by atoms with Crippen LogP contribution in [0.2, 0.25) is 0 Å². The third kappa shape index (κ3) is 3.13. The summed E-state index contributed by atoms with van der Waals surface area (Å²) in [5.74, 6) is 1.17. The summed E-state index contributed by atoms with van der Waals surface area (Å²) in [5, 5.41) is 8.03. The first-order valence-electron chi connectivity index (χ1n) is 7.46. The molecule has 1 aliphatic heterocycles. The first kappa shape index (κ1) is 15.2. The second kappa shape index (κ2) is 6.62. The highest BCUT2D eigenvalue weighted by Gasteiger charge is 2.16. The number of nitrogens with zero attached hydrogens (tertiary/aromatic N) is 1. The zero-order valence-corrected chi connectivity index (χ0v) is 14.3. The number of hydrogen-bond acceptors (Lipinski definition) is 6. The molecule has 0 atom stereocenters. The van der Waals surface area contributed by atoms with Crippen LogP contribution in [0.25, 0.3) is 9.88 Å². The standard InChI is InChI=1S/C17H14N2O3S2/c20-16(11-3-4-13-14(8-11)22-10-21-13)18-6-5-12-9-24-17(19-12)15-2-1-7-23-15/h1-4,7-9H,5-6,10H2,(H,18,20). The molecule has 0 bridgehead atoms. The van der Waals surface area contributed by atoms with Crippen LogP contribution in [0.1, 0.15) is 16.1 Å². The molecule has 0 aliphatic carbocycles. The third-order valence-electron chi connectivity index (χ3n) is 3.59. The largest absolute Gasteiger partial charge is 0.454 e. The topological polar surface area (TPSA) is 60.5 Å². The fraction of sp³-hybridized carbons (Fsp3) is 0.176. The van der Waals surface area contributed by atoms with Gasteiger partial charge < -0.3 is 14.8 Å². The van der Waals surface area contributed by atoms with E-state index in [0.717, 1.165) is 10.7 Å².